The number of piperazine rings is 1. The normalized spacial score (nSPS) is 21.4. The second-order valence-corrected chi connectivity index (χ2v) is 8.74. The highest BCUT2D eigenvalue weighted by molar-refractivity contribution is 5.92. The molecule has 0 atom stereocenters. The van der Waals surface area contributed by atoms with E-state index >= 15 is 0 Å². The number of hydrogen-bond donors (Lipinski definition) is 1. The summed E-state index contributed by atoms with van der Waals surface area (Å²) in [5.74, 6) is 0.842. The first-order chi connectivity index (χ1) is 15.1. The van der Waals surface area contributed by atoms with Crippen LogP contribution >= 0.6 is 0 Å². The fourth-order valence-electron chi connectivity index (χ4n) is 4.70. The monoisotopic (exact) mass is 421 g/mol. The van der Waals surface area contributed by atoms with E-state index in [-0.39, 0.29) is 11.9 Å². The fourth-order valence-corrected chi connectivity index (χ4v) is 4.70. The summed E-state index contributed by atoms with van der Waals surface area (Å²) in [6, 6.07) is 8.86. The number of amides is 1. The Morgan fingerprint density at radius 3 is 2.71 bits per heavy atom. The molecule has 0 bridgehead atoms. The molecule has 2 heterocycles. The fraction of sp³-hybridized carbons (Fsp3) is 0.542. The first-order valence-electron chi connectivity index (χ1n) is 11.3. The van der Waals surface area contributed by atoms with Crippen molar-refractivity contribution in [2.45, 2.75) is 45.6 Å². The van der Waals surface area contributed by atoms with Gasteiger partial charge < -0.3 is 14.7 Å². The number of carbonyl (C=O) groups is 1. The molecule has 2 aromatic rings. The molecule has 1 N–H and O–H groups in total. The molecule has 1 aromatic carbocycles. The molecule has 0 radical (unpaired) electrons. The van der Waals surface area contributed by atoms with E-state index in [1.54, 1.807) is 6.20 Å². The number of nitriles is 1. The van der Waals surface area contributed by atoms with Crippen molar-refractivity contribution in [2.75, 3.05) is 37.6 Å². The molecular formula is C24H31N5O2. The minimum atomic E-state index is -0.154. The largest absolute Gasteiger partial charge is 0.368 e. The van der Waals surface area contributed by atoms with Crippen LogP contribution in [-0.2, 0) is 6.42 Å². The SMILES string of the molecule is CCc1cccc(N2CCN(CC[C@H]3C[C@@H](NC(=O)c4oncc4C)C3)CC2)c1C#N. The van der Waals surface area contributed by atoms with Crippen LogP contribution in [0.15, 0.2) is 28.9 Å². The number of hydrogen-bond acceptors (Lipinski definition) is 6. The Labute approximate surface area is 184 Å². The van der Waals surface area contributed by atoms with Crippen LogP contribution in [0.3, 0.4) is 0 Å². The van der Waals surface area contributed by atoms with E-state index in [1.807, 2.05) is 6.92 Å². The van der Waals surface area contributed by atoms with Crippen LogP contribution in [0.4, 0.5) is 5.69 Å². The van der Waals surface area contributed by atoms with E-state index in [4.69, 9.17) is 4.52 Å². The van der Waals surface area contributed by atoms with Gasteiger partial charge in [-0.3, -0.25) is 9.69 Å². The molecule has 2 aliphatic rings. The third kappa shape index (κ3) is 4.75. The Hall–Kier alpha value is -2.85. The third-order valence-electron chi connectivity index (χ3n) is 6.71. The van der Waals surface area contributed by atoms with Crippen LogP contribution in [0, 0.1) is 24.2 Å². The Kier molecular flexibility index (Phi) is 6.57. The molecule has 1 saturated carbocycles. The molecule has 164 valence electrons. The average molecular weight is 422 g/mol. The molecule has 1 saturated heterocycles. The second-order valence-electron chi connectivity index (χ2n) is 8.74. The zero-order valence-corrected chi connectivity index (χ0v) is 18.4. The number of rotatable bonds is 7. The third-order valence-corrected chi connectivity index (χ3v) is 6.71. The summed E-state index contributed by atoms with van der Waals surface area (Å²) in [6.45, 7) is 9.00. The molecule has 31 heavy (non-hydrogen) atoms. The molecule has 1 aromatic heterocycles. The number of carbonyl (C=O) groups excluding carboxylic acids is 1. The van der Waals surface area contributed by atoms with Crippen LogP contribution in [0.2, 0.25) is 0 Å². The highest BCUT2D eigenvalue weighted by Crippen LogP contribution is 2.31. The molecular weight excluding hydrogens is 390 g/mol. The van der Waals surface area contributed by atoms with Crippen LogP contribution in [-0.4, -0.2) is 54.7 Å². The zero-order valence-electron chi connectivity index (χ0n) is 18.4. The number of aromatic nitrogens is 1. The Morgan fingerprint density at radius 1 is 1.29 bits per heavy atom. The first kappa shape index (κ1) is 21.4. The lowest BCUT2D eigenvalue weighted by molar-refractivity contribution is 0.0840. The van der Waals surface area contributed by atoms with Crippen molar-refractivity contribution in [1.82, 2.24) is 15.4 Å². The zero-order chi connectivity index (χ0) is 21.8. The van der Waals surface area contributed by atoms with Crippen LogP contribution in [0.5, 0.6) is 0 Å². The highest BCUT2D eigenvalue weighted by Gasteiger charge is 2.32. The number of nitrogens with zero attached hydrogens (tertiary/aromatic N) is 4. The Morgan fingerprint density at radius 2 is 2.06 bits per heavy atom. The maximum absolute atomic E-state index is 12.2. The van der Waals surface area contributed by atoms with E-state index in [1.165, 1.54) is 6.42 Å². The van der Waals surface area contributed by atoms with Crippen molar-refractivity contribution >= 4 is 11.6 Å². The molecule has 1 amide bonds. The molecule has 0 unspecified atom stereocenters. The molecule has 2 fully saturated rings. The predicted molar refractivity (Wildman–Crippen MR) is 119 cm³/mol. The highest BCUT2D eigenvalue weighted by atomic mass is 16.5. The van der Waals surface area contributed by atoms with Gasteiger partial charge in [-0.2, -0.15) is 5.26 Å². The van der Waals surface area contributed by atoms with Gasteiger partial charge in [0.15, 0.2) is 0 Å². The minimum absolute atomic E-state index is 0.154. The van der Waals surface area contributed by atoms with E-state index in [9.17, 15) is 10.1 Å². The summed E-state index contributed by atoms with van der Waals surface area (Å²) in [5, 5.41) is 16.3. The van der Waals surface area contributed by atoms with Gasteiger partial charge in [0.25, 0.3) is 5.91 Å². The number of nitrogens with one attached hydrogen (secondary N) is 1. The topological polar surface area (TPSA) is 85.4 Å². The van der Waals surface area contributed by atoms with Gasteiger partial charge in [-0.25, -0.2) is 0 Å². The van der Waals surface area contributed by atoms with E-state index < -0.39 is 0 Å². The smallest absolute Gasteiger partial charge is 0.290 e. The molecule has 4 rings (SSSR count). The predicted octanol–water partition coefficient (Wildman–Crippen LogP) is 3.14. The Bertz CT molecular complexity index is 949. The number of aryl methyl sites for hydroxylation is 2. The van der Waals surface area contributed by atoms with Gasteiger partial charge in [0, 0.05) is 37.8 Å². The van der Waals surface area contributed by atoms with Gasteiger partial charge in [-0.05, 0) is 56.7 Å². The van der Waals surface area contributed by atoms with Crippen molar-refractivity contribution in [3.8, 4) is 6.07 Å². The van der Waals surface area contributed by atoms with Crippen molar-refractivity contribution in [3.63, 3.8) is 0 Å². The van der Waals surface area contributed by atoms with Crippen LogP contribution in [0.1, 0.15) is 53.4 Å². The van der Waals surface area contributed by atoms with Crippen molar-refractivity contribution in [3.05, 3.63) is 46.8 Å². The van der Waals surface area contributed by atoms with E-state index in [0.29, 0.717) is 11.7 Å². The molecule has 1 aliphatic carbocycles. The van der Waals surface area contributed by atoms with Crippen molar-refractivity contribution in [2.24, 2.45) is 5.92 Å². The molecule has 0 spiro atoms. The maximum atomic E-state index is 12.2. The van der Waals surface area contributed by atoms with Gasteiger partial charge in [-0.1, -0.05) is 24.2 Å². The van der Waals surface area contributed by atoms with E-state index in [0.717, 1.165) is 74.4 Å². The van der Waals surface area contributed by atoms with Gasteiger partial charge in [0.2, 0.25) is 5.76 Å². The summed E-state index contributed by atoms with van der Waals surface area (Å²) in [6.07, 6.45) is 5.70. The lowest BCUT2D eigenvalue weighted by Gasteiger charge is -2.39. The van der Waals surface area contributed by atoms with Gasteiger partial charge in [0.05, 0.1) is 17.4 Å². The summed E-state index contributed by atoms with van der Waals surface area (Å²) in [5.41, 5.74) is 3.82. The van der Waals surface area contributed by atoms with Crippen molar-refractivity contribution < 1.29 is 9.32 Å². The molecule has 7 heteroatoms. The summed E-state index contributed by atoms with van der Waals surface area (Å²) in [7, 11) is 0. The van der Waals surface area contributed by atoms with E-state index in [2.05, 4.69) is 51.5 Å². The van der Waals surface area contributed by atoms with Crippen LogP contribution in [0.25, 0.3) is 0 Å². The molecule has 7 nitrogen and oxygen atoms in total. The lowest BCUT2D eigenvalue weighted by atomic mass is 9.78. The average Bonchev–Trinajstić information content (AvgIpc) is 3.20. The summed E-state index contributed by atoms with van der Waals surface area (Å²) >= 11 is 0. The second kappa shape index (κ2) is 9.52. The minimum Gasteiger partial charge on any atom is -0.368 e. The quantitative estimate of drug-likeness (QED) is 0.739. The molecule has 1 aliphatic heterocycles. The van der Waals surface area contributed by atoms with Gasteiger partial charge in [0.1, 0.15) is 6.07 Å². The Balaban J connectivity index is 1.18. The van der Waals surface area contributed by atoms with Crippen molar-refractivity contribution in [1.29, 1.82) is 5.26 Å². The van der Waals surface area contributed by atoms with Crippen LogP contribution < -0.4 is 10.2 Å². The lowest BCUT2D eigenvalue weighted by Crippen LogP contribution is -2.48. The summed E-state index contributed by atoms with van der Waals surface area (Å²) < 4.78 is 5.03. The van der Waals surface area contributed by atoms with Gasteiger partial charge in [-0.15, -0.1) is 0 Å². The standard InChI is InChI=1S/C24H31N5O2/c1-3-19-5-4-6-22(21(19)15-25)29-11-9-28(10-12-29)8-7-18-13-20(14-18)27-24(30)23-17(2)16-26-31-23/h4-6,16,18,20H,3,7-14H2,1-2H3,(H,27,30)/t18-,20+. The summed E-state index contributed by atoms with van der Waals surface area (Å²) in [4.78, 5) is 17.1. The number of anilines is 1. The maximum Gasteiger partial charge on any atom is 0.290 e. The first-order valence-corrected chi connectivity index (χ1v) is 11.3. The number of benzene rings is 1. The van der Waals surface area contributed by atoms with Gasteiger partial charge >= 0.3 is 0 Å².